The molecule has 2 fully saturated rings. The molecule has 0 bridgehead atoms. The number of aromatic nitrogens is 5. The fourth-order valence-corrected chi connectivity index (χ4v) is 3.74. The van der Waals surface area contributed by atoms with Crippen LogP contribution in [0.3, 0.4) is 0 Å². The predicted octanol–water partition coefficient (Wildman–Crippen LogP) is -0.256. The SMILES string of the molecule is NC1CCC(Nc2cc(=NC3CC3)n3ncc(=Cc4[nH]c(=O)[nH]c4O)c3n2)CC1. The van der Waals surface area contributed by atoms with Gasteiger partial charge in [-0.25, -0.2) is 9.78 Å². The van der Waals surface area contributed by atoms with Crippen molar-refractivity contribution >= 4 is 17.5 Å². The highest BCUT2D eigenvalue weighted by Gasteiger charge is 2.21. The summed E-state index contributed by atoms with van der Waals surface area (Å²) < 4.78 is 1.70. The highest BCUT2D eigenvalue weighted by atomic mass is 16.3. The number of nitrogens with one attached hydrogen (secondary N) is 3. The molecule has 152 valence electrons. The number of fused-ring (bicyclic) bond motifs is 1. The van der Waals surface area contributed by atoms with Crippen molar-refractivity contribution in [3.63, 3.8) is 0 Å². The Hall–Kier alpha value is -3.14. The van der Waals surface area contributed by atoms with E-state index in [9.17, 15) is 9.90 Å². The molecule has 0 unspecified atom stereocenters. The van der Waals surface area contributed by atoms with Crippen molar-refractivity contribution in [1.29, 1.82) is 0 Å². The Kier molecular flexibility index (Phi) is 4.35. The van der Waals surface area contributed by atoms with Gasteiger partial charge < -0.3 is 21.1 Å². The van der Waals surface area contributed by atoms with E-state index in [1.807, 2.05) is 6.07 Å². The first kappa shape index (κ1) is 17.9. The molecule has 0 aliphatic heterocycles. The molecule has 0 radical (unpaired) electrons. The number of hydrogen-bond donors (Lipinski definition) is 5. The number of anilines is 1. The first-order valence-electron chi connectivity index (χ1n) is 10.0. The van der Waals surface area contributed by atoms with E-state index in [2.05, 4.69) is 20.4 Å². The van der Waals surface area contributed by atoms with E-state index in [-0.39, 0.29) is 17.6 Å². The fourth-order valence-electron chi connectivity index (χ4n) is 3.74. The Morgan fingerprint density at radius 2 is 2.03 bits per heavy atom. The van der Waals surface area contributed by atoms with Crippen LogP contribution in [0.15, 0.2) is 22.1 Å². The van der Waals surface area contributed by atoms with Gasteiger partial charge >= 0.3 is 5.69 Å². The van der Waals surface area contributed by atoms with Crippen LogP contribution in [0.25, 0.3) is 11.7 Å². The van der Waals surface area contributed by atoms with Gasteiger partial charge in [-0.2, -0.15) is 9.61 Å². The predicted molar refractivity (Wildman–Crippen MR) is 107 cm³/mol. The van der Waals surface area contributed by atoms with Crippen LogP contribution in [0.2, 0.25) is 0 Å². The van der Waals surface area contributed by atoms with Crippen LogP contribution in [0.4, 0.5) is 5.82 Å². The molecule has 2 saturated carbocycles. The van der Waals surface area contributed by atoms with E-state index in [4.69, 9.17) is 15.7 Å². The molecule has 0 saturated heterocycles. The van der Waals surface area contributed by atoms with Crippen LogP contribution in [0.5, 0.6) is 5.88 Å². The van der Waals surface area contributed by atoms with Crippen molar-refractivity contribution in [3.8, 4) is 5.88 Å². The van der Waals surface area contributed by atoms with Gasteiger partial charge in [-0.1, -0.05) is 0 Å². The lowest BCUT2D eigenvalue weighted by molar-refractivity contribution is 0.410. The third-order valence-corrected chi connectivity index (χ3v) is 5.50. The molecule has 3 aromatic rings. The summed E-state index contributed by atoms with van der Waals surface area (Å²) in [4.78, 5) is 25.8. The average molecular weight is 396 g/mol. The summed E-state index contributed by atoms with van der Waals surface area (Å²) in [5.74, 6) is 0.532. The number of nitrogens with two attached hydrogens (primary N) is 1. The minimum atomic E-state index is -0.472. The van der Waals surface area contributed by atoms with Gasteiger partial charge in [-0.3, -0.25) is 9.98 Å². The van der Waals surface area contributed by atoms with Crippen LogP contribution in [0.1, 0.15) is 44.2 Å². The average Bonchev–Trinajstić information content (AvgIpc) is 3.33. The van der Waals surface area contributed by atoms with Crippen molar-refractivity contribution in [2.24, 2.45) is 10.7 Å². The maximum absolute atomic E-state index is 11.4. The number of imidazole rings is 1. The van der Waals surface area contributed by atoms with E-state index in [1.165, 1.54) is 0 Å². The van der Waals surface area contributed by atoms with Crippen LogP contribution >= 0.6 is 0 Å². The maximum atomic E-state index is 11.4. The van der Waals surface area contributed by atoms with Crippen LogP contribution in [-0.4, -0.2) is 47.8 Å². The Morgan fingerprint density at radius 3 is 2.72 bits per heavy atom. The summed E-state index contributed by atoms with van der Waals surface area (Å²) in [6, 6.07) is 2.89. The Balaban J connectivity index is 1.59. The number of rotatable bonds is 4. The molecule has 0 amide bonds. The van der Waals surface area contributed by atoms with Gasteiger partial charge in [0.2, 0.25) is 5.88 Å². The molecular weight excluding hydrogens is 372 g/mol. The molecule has 10 heteroatoms. The van der Waals surface area contributed by atoms with Crippen molar-refractivity contribution in [2.45, 2.75) is 56.7 Å². The van der Waals surface area contributed by atoms with Crippen molar-refractivity contribution in [1.82, 2.24) is 24.6 Å². The van der Waals surface area contributed by atoms with E-state index < -0.39 is 5.69 Å². The summed E-state index contributed by atoms with van der Waals surface area (Å²) in [6.45, 7) is 0. The zero-order valence-corrected chi connectivity index (χ0v) is 15.9. The van der Waals surface area contributed by atoms with E-state index in [0.29, 0.717) is 22.9 Å². The smallest absolute Gasteiger partial charge is 0.326 e. The topological polar surface area (TPSA) is 149 Å². The van der Waals surface area contributed by atoms with E-state index >= 15 is 0 Å². The second kappa shape index (κ2) is 7.03. The molecule has 0 atom stereocenters. The highest BCUT2D eigenvalue weighted by Crippen LogP contribution is 2.23. The third-order valence-electron chi connectivity index (χ3n) is 5.50. The molecule has 0 aromatic carbocycles. The number of aromatic hydroxyl groups is 1. The van der Waals surface area contributed by atoms with E-state index in [0.717, 1.165) is 49.8 Å². The van der Waals surface area contributed by atoms with Gasteiger partial charge in [0, 0.05) is 23.4 Å². The second-order valence-corrected chi connectivity index (χ2v) is 7.94. The fraction of sp³-hybridized carbons (Fsp3) is 0.474. The van der Waals surface area contributed by atoms with Gasteiger partial charge in [0.25, 0.3) is 0 Å². The summed E-state index contributed by atoms with van der Waals surface area (Å²) in [5, 5.41) is 18.5. The molecule has 3 aromatic heterocycles. The standard InChI is InChI=1S/C19H24N8O2/c20-11-1-3-12(4-2-11)22-15-8-16(23-13-5-6-13)27-17(25-15)10(9-21-27)7-14-18(28)26-19(29)24-14/h7-9,11-13,22,28H,1-6,20H2,(H2,24,26,29). The number of hydrogen-bond acceptors (Lipinski definition) is 7. The van der Waals surface area contributed by atoms with Gasteiger partial charge in [-0.05, 0) is 44.6 Å². The first-order valence-corrected chi connectivity index (χ1v) is 10.0. The van der Waals surface area contributed by atoms with Gasteiger partial charge in [0.15, 0.2) is 11.1 Å². The van der Waals surface area contributed by atoms with Crippen molar-refractivity contribution in [3.05, 3.63) is 39.1 Å². The van der Waals surface area contributed by atoms with Crippen LogP contribution in [-0.2, 0) is 0 Å². The number of H-pyrrole nitrogens is 2. The molecule has 10 nitrogen and oxygen atoms in total. The zero-order chi connectivity index (χ0) is 20.0. The number of aromatic amines is 2. The molecular formula is C19H24N8O2. The monoisotopic (exact) mass is 396 g/mol. The minimum absolute atomic E-state index is 0.218. The number of nitrogens with zero attached hydrogens (tertiary/aromatic N) is 4. The van der Waals surface area contributed by atoms with Crippen molar-refractivity contribution < 1.29 is 5.11 Å². The third kappa shape index (κ3) is 3.75. The molecule has 29 heavy (non-hydrogen) atoms. The summed E-state index contributed by atoms with van der Waals surface area (Å²) in [7, 11) is 0. The Labute approximate surface area is 165 Å². The van der Waals surface area contributed by atoms with Gasteiger partial charge in [-0.15, -0.1) is 0 Å². The van der Waals surface area contributed by atoms with Crippen LogP contribution < -0.4 is 27.4 Å². The lowest BCUT2D eigenvalue weighted by Gasteiger charge is -2.27. The molecule has 2 aliphatic carbocycles. The molecule has 3 heterocycles. The highest BCUT2D eigenvalue weighted by molar-refractivity contribution is 5.58. The Bertz CT molecular complexity index is 1210. The summed E-state index contributed by atoms with van der Waals surface area (Å²) >= 11 is 0. The molecule has 0 spiro atoms. The largest absolute Gasteiger partial charge is 0.493 e. The van der Waals surface area contributed by atoms with Gasteiger partial charge in [0.1, 0.15) is 11.5 Å². The van der Waals surface area contributed by atoms with Gasteiger partial charge in [0.05, 0.1) is 12.2 Å². The lowest BCUT2D eigenvalue weighted by atomic mass is 9.92. The molecule has 6 N–H and O–H groups in total. The van der Waals surface area contributed by atoms with E-state index in [1.54, 1.807) is 16.8 Å². The maximum Gasteiger partial charge on any atom is 0.326 e. The second-order valence-electron chi connectivity index (χ2n) is 7.94. The van der Waals surface area contributed by atoms with Crippen molar-refractivity contribution in [2.75, 3.05) is 5.32 Å². The molecule has 2 aliphatic rings. The Morgan fingerprint density at radius 1 is 1.24 bits per heavy atom. The lowest BCUT2D eigenvalue weighted by Crippen LogP contribution is -2.33. The first-order chi connectivity index (χ1) is 14.0. The quantitative estimate of drug-likeness (QED) is 0.410. The normalized spacial score (nSPS) is 23.8. The summed E-state index contributed by atoms with van der Waals surface area (Å²) in [5.41, 5.74) is 7.20. The summed E-state index contributed by atoms with van der Waals surface area (Å²) in [6.07, 6.45) is 9.52. The zero-order valence-electron chi connectivity index (χ0n) is 15.9. The van der Waals surface area contributed by atoms with Crippen LogP contribution in [0, 0.1) is 0 Å². The minimum Gasteiger partial charge on any atom is -0.493 e. The molecule has 5 rings (SSSR count).